The number of hydrogen-bond donors (Lipinski definition) is 1. The van der Waals surface area contributed by atoms with Gasteiger partial charge in [-0.2, -0.15) is 0 Å². The highest BCUT2D eigenvalue weighted by atomic mass is 16.4. The summed E-state index contributed by atoms with van der Waals surface area (Å²) in [4.78, 5) is 14.5. The van der Waals surface area contributed by atoms with E-state index >= 15 is 0 Å². The zero-order chi connectivity index (χ0) is 13.1. The van der Waals surface area contributed by atoms with E-state index in [0.717, 1.165) is 37.7 Å². The average Bonchev–Trinajstić information content (AvgIpc) is 2.29. The summed E-state index contributed by atoms with van der Waals surface area (Å²) in [6.45, 7) is 8.83. The molecule has 0 unspecified atom stereocenters. The summed E-state index contributed by atoms with van der Waals surface area (Å²) in [6.07, 6.45) is 10.4. The molecule has 1 N–H and O–H groups in total. The molecule has 17 heavy (non-hydrogen) atoms. The quantitative estimate of drug-likeness (QED) is 0.217. The molecular formula is C14H21NO2. The SMILES string of the molecule is C=CCCCCCC(/C=C\C)=C(/N=C)C(=O)O. The zero-order valence-corrected chi connectivity index (χ0v) is 10.5. The topological polar surface area (TPSA) is 49.7 Å². The molecule has 3 nitrogen and oxygen atoms in total. The van der Waals surface area contributed by atoms with Gasteiger partial charge in [0.1, 0.15) is 0 Å². The average molecular weight is 235 g/mol. The molecule has 0 fully saturated rings. The number of carboxylic acid groups (broad SMARTS) is 1. The highest BCUT2D eigenvalue weighted by Crippen LogP contribution is 2.17. The van der Waals surface area contributed by atoms with Crippen molar-refractivity contribution >= 4 is 12.7 Å². The lowest BCUT2D eigenvalue weighted by Gasteiger charge is -2.05. The maximum absolute atomic E-state index is 10.9. The third-order valence-corrected chi connectivity index (χ3v) is 2.39. The van der Waals surface area contributed by atoms with Crippen LogP contribution in [0.2, 0.25) is 0 Å². The van der Waals surface area contributed by atoms with Crippen molar-refractivity contribution < 1.29 is 9.90 Å². The van der Waals surface area contributed by atoms with Crippen molar-refractivity contribution in [2.24, 2.45) is 4.99 Å². The van der Waals surface area contributed by atoms with Crippen molar-refractivity contribution in [1.82, 2.24) is 0 Å². The lowest BCUT2D eigenvalue weighted by atomic mass is 10.0. The Hall–Kier alpha value is -1.64. The summed E-state index contributed by atoms with van der Waals surface area (Å²) >= 11 is 0. The van der Waals surface area contributed by atoms with E-state index in [0.29, 0.717) is 0 Å². The van der Waals surface area contributed by atoms with Gasteiger partial charge < -0.3 is 5.11 Å². The number of carbonyl (C=O) groups is 1. The van der Waals surface area contributed by atoms with Gasteiger partial charge in [-0.1, -0.05) is 24.6 Å². The fourth-order valence-corrected chi connectivity index (χ4v) is 1.57. The number of aliphatic imine (C=N–C) groups is 1. The van der Waals surface area contributed by atoms with E-state index in [1.807, 2.05) is 19.1 Å². The van der Waals surface area contributed by atoms with Crippen LogP contribution in [0, 0.1) is 0 Å². The molecule has 0 rings (SSSR count). The molecule has 0 radical (unpaired) electrons. The largest absolute Gasteiger partial charge is 0.477 e. The maximum Gasteiger partial charge on any atom is 0.354 e. The van der Waals surface area contributed by atoms with Crippen molar-refractivity contribution in [2.45, 2.75) is 39.0 Å². The van der Waals surface area contributed by atoms with Gasteiger partial charge in [0.2, 0.25) is 0 Å². The number of aliphatic carboxylic acids is 1. The van der Waals surface area contributed by atoms with Crippen molar-refractivity contribution in [1.29, 1.82) is 0 Å². The normalized spacial score (nSPS) is 12.3. The Bertz CT molecular complexity index is 327. The molecule has 0 heterocycles. The minimum Gasteiger partial charge on any atom is -0.477 e. The van der Waals surface area contributed by atoms with Gasteiger partial charge in [-0.3, -0.25) is 4.99 Å². The smallest absolute Gasteiger partial charge is 0.354 e. The fourth-order valence-electron chi connectivity index (χ4n) is 1.57. The highest BCUT2D eigenvalue weighted by molar-refractivity contribution is 5.88. The minimum atomic E-state index is -1.01. The van der Waals surface area contributed by atoms with E-state index in [9.17, 15) is 4.79 Å². The van der Waals surface area contributed by atoms with Crippen LogP contribution in [0.4, 0.5) is 0 Å². The number of rotatable bonds is 9. The van der Waals surface area contributed by atoms with Crippen LogP contribution in [-0.2, 0) is 4.79 Å². The first-order valence-corrected chi connectivity index (χ1v) is 5.84. The van der Waals surface area contributed by atoms with E-state index in [1.54, 1.807) is 6.08 Å². The first-order valence-electron chi connectivity index (χ1n) is 5.84. The number of hydrogen-bond acceptors (Lipinski definition) is 2. The third-order valence-electron chi connectivity index (χ3n) is 2.39. The minimum absolute atomic E-state index is 0.0619. The highest BCUT2D eigenvalue weighted by Gasteiger charge is 2.10. The van der Waals surface area contributed by atoms with E-state index in [-0.39, 0.29) is 5.70 Å². The molecule has 94 valence electrons. The fraction of sp³-hybridized carbons (Fsp3) is 0.429. The standard InChI is InChI=1S/C14H21NO2/c1-4-6-7-8-9-11-12(10-5-2)13(15-3)14(16)17/h4-5,10H,1,3,6-9,11H2,2H3,(H,16,17)/b10-5-,13-12+. The second-order valence-corrected chi connectivity index (χ2v) is 3.73. The van der Waals surface area contributed by atoms with Gasteiger partial charge in [-0.25, -0.2) is 4.79 Å². The molecule has 0 aromatic heterocycles. The summed E-state index contributed by atoms with van der Waals surface area (Å²) in [5, 5.41) is 8.97. The maximum atomic E-state index is 10.9. The summed E-state index contributed by atoms with van der Waals surface area (Å²) in [5.41, 5.74) is 0.806. The Morgan fingerprint density at radius 2 is 2.06 bits per heavy atom. The first kappa shape index (κ1) is 15.4. The molecule has 0 aromatic carbocycles. The molecule has 0 aliphatic heterocycles. The molecule has 0 atom stereocenters. The van der Waals surface area contributed by atoms with Crippen molar-refractivity contribution in [3.63, 3.8) is 0 Å². The van der Waals surface area contributed by atoms with Gasteiger partial charge >= 0.3 is 5.97 Å². The molecule has 0 saturated carbocycles. The van der Waals surface area contributed by atoms with Crippen LogP contribution >= 0.6 is 0 Å². The lowest BCUT2D eigenvalue weighted by molar-refractivity contribution is -0.132. The van der Waals surface area contributed by atoms with E-state index < -0.39 is 5.97 Å². The van der Waals surface area contributed by atoms with Crippen LogP contribution in [0.1, 0.15) is 39.0 Å². The molecule has 0 saturated heterocycles. The Morgan fingerprint density at radius 1 is 1.35 bits per heavy atom. The second kappa shape index (κ2) is 9.58. The monoisotopic (exact) mass is 235 g/mol. The Balaban J connectivity index is 4.47. The summed E-state index contributed by atoms with van der Waals surface area (Å²) in [5.74, 6) is -1.01. The Kier molecular flexibility index (Phi) is 8.65. The third kappa shape index (κ3) is 6.51. The van der Waals surface area contributed by atoms with Crippen LogP contribution in [0.25, 0.3) is 0 Å². The zero-order valence-electron chi connectivity index (χ0n) is 10.5. The van der Waals surface area contributed by atoms with Crippen LogP contribution in [0.3, 0.4) is 0 Å². The van der Waals surface area contributed by atoms with Crippen LogP contribution < -0.4 is 0 Å². The van der Waals surface area contributed by atoms with Gasteiger partial charge in [0.15, 0.2) is 5.70 Å². The predicted octanol–water partition coefficient (Wildman–Crippen LogP) is 3.74. The van der Waals surface area contributed by atoms with E-state index in [4.69, 9.17) is 5.11 Å². The van der Waals surface area contributed by atoms with Crippen LogP contribution in [-0.4, -0.2) is 17.8 Å². The predicted molar refractivity (Wildman–Crippen MR) is 72.3 cm³/mol. The summed E-state index contributed by atoms with van der Waals surface area (Å²) < 4.78 is 0. The number of carboxylic acids is 1. The van der Waals surface area contributed by atoms with Crippen LogP contribution in [0.15, 0.2) is 41.1 Å². The molecule has 0 aromatic rings. The summed E-state index contributed by atoms with van der Waals surface area (Å²) in [7, 11) is 0. The molecule has 0 aliphatic carbocycles. The second-order valence-electron chi connectivity index (χ2n) is 3.73. The van der Waals surface area contributed by atoms with Crippen LogP contribution in [0.5, 0.6) is 0 Å². The van der Waals surface area contributed by atoms with Gasteiger partial charge in [-0.05, 0) is 44.9 Å². The van der Waals surface area contributed by atoms with Crippen molar-refractivity contribution in [3.05, 3.63) is 36.1 Å². The Labute approximate surface area is 103 Å². The van der Waals surface area contributed by atoms with Gasteiger partial charge in [0, 0.05) is 0 Å². The Morgan fingerprint density at radius 3 is 2.53 bits per heavy atom. The molecule has 0 bridgehead atoms. The van der Waals surface area contributed by atoms with Gasteiger partial charge in [-0.15, -0.1) is 6.58 Å². The summed E-state index contributed by atoms with van der Waals surface area (Å²) in [6, 6.07) is 0. The number of unbranched alkanes of at least 4 members (excludes halogenated alkanes) is 3. The van der Waals surface area contributed by atoms with Crippen molar-refractivity contribution in [2.75, 3.05) is 0 Å². The molecule has 0 amide bonds. The molecule has 0 spiro atoms. The number of allylic oxidation sites excluding steroid dienone is 4. The lowest BCUT2D eigenvalue weighted by Crippen LogP contribution is -2.01. The molecule has 3 heteroatoms. The number of nitrogens with zero attached hydrogens (tertiary/aromatic N) is 1. The first-order chi connectivity index (χ1) is 8.17. The van der Waals surface area contributed by atoms with E-state index in [2.05, 4.69) is 18.3 Å². The van der Waals surface area contributed by atoms with Gasteiger partial charge in [0.05, 0.1) is 0 Å². The molecular weight excluding hydrogens is 214 g/mol. The van der Waals surface area contributed by atoms with E-state index in [1.165, 1.54) is 0 Å². The van der Waals surface area contributed by atoms with Gasteiger partial charge in [0.25, 0.3) is 0 Å². The van der Waals surface area contributed by atoms with Crippen molar-refractivity contribution in [3.8, 4) is 0 Å². The molecule has 0 aliphatic rings.